The molecule has 3 aromatic rings. The molecule has 1 atom stereocenters. The van der Waals surface area contributed by atoms with Gasteiger partial charge in [-0.25, -0.2) is 17.8 Å². The van der Waals surface area contributed by atoms with Gasteiger partial charge in [-0.15, -0.1) is 0 Å². The van der Waals surface area contributed by atoms with Gasteiger partial charge in [0.05, 0.1) is 17.5 Å². The molecule has 2 aromatic carbocycles. The lowest BCUT2D eigenvalue weighted by Gasteiger charge is -2.14. The predicted molar refractivity (Wildman–Crippen MR) is 102 cm³/mol. The molecular formula is C20H19FN2O4S. The zero-order valence-corrected chi connectivity index (χ0v) is 15.9. The summed E-state index contributed by atoms with van der Waals surface area (Å²) in [7, 11) is -3.73. The molecule has 0 saturated heterocycles. The molecule has 0 aliphatic heterocycles. The maximum atomic E-state index is 13.0. The number of nitrogens with zero attached hydrogens (tertiary/aromatic N) is 1. The lowest BCUT2D eigenvalue weighted by atomic mass is 10.1. The molecule has 6 nitrogen and oxygen atoms in total. The summed E-state index contributed by atoms with van der Waals surface area (Å²) in [4.78, 5) is 16.2. The van der Waals surface area contributed by atoms with E-state index in [-0.39, 0.29) is 17.6 Å². The fourth-order valence-corrected chi connectivity index (χ4v) is 3.85. The van der Waals surface area contributed by atoms with Gasteiger partial charge in [-0.2, -0.15) is 0 Å². The lowest BCUT2D eigenvalue weighted by molar-refractivity contribution is -0.119. The molecule has 3 rings (SSSR count). The van der Waals surface area contributed by atoms with Gasteiger partial charge in [0.1, 0.15) is 17.8 Å². The topological polar surface area (TPSA) is 89.3 Å². The van der Waals surface area contributed by atoms with Crippen molar-refractivity contribution in [2.24, 2.45) is 0 Å². The van der Waals surface area contributed by atoms with E-state index in [1.165, 1.54) is 30.5 Å². The molecule has 1 unspecified atom stereocenters. The van der Waals surface area contributed by atoms with Crippen LogP contribution in [0.25, 0.3) is 11.5 Å². The number of aromatic nitrogens is 1. The minimum atomic E-state index is -3.73. The molecule has 28 heavy (non-hydrogen) atoms. The highest BCUT2D eigenvalue weighted by atomic mass is 32.2. The van der Waals surface area contributed by atoms with E-state index in [0.29, 0.717) is 5.56 Å². The van der Waals surface area contributed by atoms with Crippen LogP contribution < -0.4 is 5.32 Å². The maximum Gasteiger partial charge on any atom is 0.235 e. The van der Waals surface area contributed by atoms with Crippen molar-refractivity contribution in [2.75, 3.05) is 5.75 Å². The average molecular weight is 402 g/mol. The van der Waals surface area contributed by atoms with Crippen LogP contribution >= 0.6 is 0 Å². The molecule has 1 N–H and O–H groups in total. The normalized spacial score (nSPS) is 12.5. The van der Waals surface area contributed by atoms with Crippen LogP contribution in [-0.4, -0.2) is 25.1 Å². The minimum Gasteiger partial charge on any atom is -0.444 e. The van der Waals surface area contributed by atoms with Crippen molar-refractivity contribution in [3.8, 4) is 11.5 Å². The number of amides is 1. The van der Waals surface area contributed by atoms with Crippen molar-refractivity contribution in [3.05, 3.63) is 77.9 Å². The summed E-state index contributed by atoms with van der Waals surface area (Å²) in [5.41, 5.74) is 1.59. The molecule has 8 heteroatoms. The fourth-order valence-electron chi connectivity index (χ4n) is 2.68. The first-order chi connectivity index (χ1) is 13.3. The van der Waals surface area contributed by atoms with Gasteiger partial charge < -0.3 is 9.73 Å². The molecule has 1 amide bonds. The molecule has 0 aliphatic carbocycles. The number of carbonyl (C=O) groups excluding carboxylic acids is 1. The van der Waals surface area contributed by atoms with E-state index in [9.17, 15) is 17.6 Å². The largest absolute Gasteiger partial charge is 0.444 e. The molecule has 1 aromatic heterocycles. The van der Waals surface area contributed by atoms with Crippen molar-refractivity contribution >= 4 is 15.7 Å². The summed E-state index contributed by atoms with van der Waals surface area (Å²) in [5.74, 6) is -1.87. The number of rotatable bonds is 7. The number of oxazole rings is 1. The second kappa shape index (κ2) is 8.35. The number of benzene rings is 2. The van der Waals surface area contributed by atoms with Crippen LogP contribution in [0.4, 0.5) is 4.39 Å². The maximum absolute atomic E-state index is 13.0. The highest BCUT2D eigenvalue weighted by Crippen LogP contribution is 2.20. The Bertz CT molecular complexity index is 1050. The Balaban J connectivity index is 1.61. The number of hydrogen-bond acceptors (Lipinski definition) is 5. The number of carbonyl (C=O) groups is 1. The van der Waals surface area contributed by atoms with E-state index >= 15 is 0 Å². The Labute approximate surface area is 162 Å². The van der Waals surface area contributed by atoms with Crippen molar-refractivity contribution in [1.29, 1.82) is 0 Å². The van der Waals surface area contributed by atoms with Crippen molar-refractivity contribution in [2.45, 2.75) is 18.7 Å². The minimum absolute atomic E-state index is 0.184. The molecule has 0 bridgehead atoms. The average Bonchev–Trinajstić information content (AvgIpc) is 3.10. The first-order valence-electron chi connectivity index (χ1n) is 8.57. The zero-order chi connectivity index (χ0) is 20.1. The standard InChI is InChI=1S/C20H19FN2O4S/c1-14(15-5-3-2-4-6-15)22-19(24)13-28(25,26)12-18-11-27-20(23-18)16-7-9-17(21)10-8-16/h2-11,14H,12-13H2,1H3,(H,22,24). The molecule has 0 radical (unpaired) electrons. The van der Waals surface area contributed by atoms with E-state index in [0.717, 1.165) is 5.56 Å². The highest BCUT2D eigenvalue weighted by Gasteiger charge is 2.21. The fraction of sp³-hybridized carbons (Fsp3) is 0.200. The van der Waals surface area contributed by atoms with E-state index in [4.69, 9.17) is 4.42 Å². The number of halogens is 1. The Morgan fingerprint density at radius 3 is 2.50 bits per heavy atom. The quantitative estimate of drug-likeness (QED) is 0.655. The van der Waals surface area contributed by atoms with Crippen LogP contribution in [0.3, 0.4) is 0 Å². The summed E-state index contributed by atoms with van der Waals surface area (Å²) in [6, 6.07) is 14.4. The van der Waals surface area contributed by atoms with E-state index in [1.807, 2.05) is 30.3 Å². The van der Waals surface area contributed by atoms with E-state index in [1.54, 1.807) is 6.92 Å². The SMILES string of the molecule is CC(NC(=O)CS(=O)(=O)Cc1coc(-c2ccc(F)cc2)n1)c1ccccc1. The molecular weight excluding hydrogens is 383 g/mol. The molecule has 146 valence electrons. The van der Waals surface area contributed by atoms with Gasteiger partial charge in [0.25, 0.3) is 0 Å². The smallest absolute Gasteiger partial charge is 0.235 e. The number of nitrogens with one attached hydrogen (secondary N) is 1. The van der Waals surface area contributed by atoms with Crippen LogP contribution in [0.2, 0.25) is 0 Å². The first-order valence-corrected chi connectivity index (χ1v) is 10.4. The Morgan fingerprint density at radius 1 is 1.14 bits per heavy atom. The van der Waals surface area contributed by atoms with Gasteiger partial charge in [-0.3, -0.25) is 4.79 Å². The number of sulfone groups is 1. The van der Waals surface area contributed by atoms with Crippen molar-refractivity contribution < 1.29 is 22.0 Å². The third kappa shape index (κ3) is 5.26. The summed E-state index contributed by atoms with van der Waals surface area (Å²) < 4.78 is 42.9. The van der Waals surface area contributed by atoms with Crippen LogP contribution in [0.1, 0.15) is 24.2 Å². The summed E-state index contributed by atoms with van der Waals surface area (Å²) >= 11 is 0. The van der Waals surface area contributed by atoms with Gasteiger partial charge in [0.2, 0.25) is 11.8 Å². The molecule has 0 fully saturated rings. The number of hydrogen-bond donors (Lipinski definition) is 1. The predicted octanol–water partition coefficient (Wildman–Crippen LogP) is 3.27. The summed E-state index contributed by atoms with van der Waals surface area (Å²) in [6.07, 6.45) is 1.22. The second-order valence-electron chi connectivity index (χ2n) is 6.38. The zero-order valence-electron chi connectivity index (χ0n) is 15.1. The van der Waals surface area contributed by atoms with Crippen molar-refractivity contribution in [3.63, 3.8) is 0 Å². The lowest BCUT2D eigenvalue weighted by Crippen LogP contribution is -2.32. The third-order valence-corrected chi connectivity index (χ3v) is 5.48. The third-order valence-electron chi connectivity index (χ3n) is 4.04. The van der Waals surface area contributed by atoms with Gasteiger partial charge in [-0.1, -0.05) is 30.3 Å². The van der Waals surface area contributed by atoms with E-state index < -0.39 is 33.1 Å². The second-order valence-corrected chi connectivity index (χ2v) is 8.45. The van der Waals surface area contributed by atoms with Gasteiger partial charge in [0.15, 0.2) is 9.84 Å². The van der Waals surface area contributed by atoms with Crippen LogP contribution in [0.15, 0.2) is 65.3 Å². The van der Waals surface area contributed by atoms with Gasteiger partial charge in [0, 0.05) is 5.56 Å². The molecule has 0 saturated carbocycles. The first kappa shape index (κ1) is 19.8. The van der Waals surface area contributed by atoms with Gasteiger partial charge in [-0.05, 0) is 36.8 Å². The molecule has 0 aliphatic rings. The Morgan fingerprint density at radius 2 is 1.82 bits per heavy atom. The van der Waals surface area contributed by atoms with Crippen LogP contribution in [0.5, 0.6) is 0 Å². The Kier molecular flexibility index (Phi) is 5.89. The molecule has 1 heterocycles. The Hall–Kier alpha value is -3.00. The van der Waals surface area contributed by atoms with Crippen LogP contribution in [-0.2, 0) is 20.4 Å². The monoisotopic (exact) mass is 402 g/mol. The summed E-state index contributed by atoms with van der Waals surface area (Å²) in [6.45, 7) is 1.78. The van der Waals surface area contributed by atoms with E-state index in [2.05, 4.69) is 10.3 Å². The van der Waals surface area contributed by atoms with Crippen LogP contribution in [0, 0.1) is 5.82 Å². The summed E-state index contributed by atoms with van der Waals surface area (Å²) in [5, 5.41) is 2.68. The highest BCUT2D eigenvalue weighted by molar-refractivity contribution is 7.91. The molecule has 0 spiro atoms. The van der Waals surface area contributed by atoms with Crippen molar-refractivity contribution in [1.82, 2.24) is 10.3 Å². The van der Waals surface area contributed by atoms with Gasteiger partial charge >= 0.3 is 0 Å².